The Morgan fingerprint density at radius 2 is 2.14 bits per heavy atom. The quantitative estimate of drug-likeness (QED) is 0.873. The van der Waals surface area contributed by atoms with E-state index in [0.29, 0.717) is 12.0 Å². The number of hydrogen-bond acceptors (Lipinski definition) is 2. The van der Waals surface area contributed by atoms with Gasteiger partial charge in [-0.25, -0.2) is 0 Å². The maximum atomic E-state index is 4.57. The molecule has 3 nitrogen and oxygen atoms in total. The van der Waals surface area contributed by atoms with Gasteiger partial charge in [-0.2, -0.15) is 5.10 Å². The topological polar surface area (TPSA) is 29.9 Å². The van der Waals surface area contributed by atoms with Crippen LogP contribution in [0.2, 0.25) is 0 Å². The van der Waals surface area contributed by atoms with E-state index in [4.69, 9.17) is 0 Å². The minimum absolute atomic E-state index is 0.454. The first kappa shape index (κ1) is 14.3. The molecule has 0 amide bonds. The van der Waals surface area contributed by atoms with Gasteiger partial charge in [0, 0.05) is 19.3 Å². The van der Waals surface area contributed by atoms with Crippen molar-refractivity contribution in [2.24, 2.45) is 13.0 Å². The van der Waals surface area contributed by atoms with Gasteiger partial charge in [-0.3, -0.25) is 4.68 Å². The molecule has 0 aliphatic heterocycles. The van der Waals surface area contributed by atoms with Gasteiger partial charge < -0.3 is 5.32 Å². The Hall–Kier alpha value is -1.61. The molecule has 0 fully saturated rings. The standard InChI is InChI=1S/C18H25N3/c1-3-19-18-15(13-16-11-12-21(2)20-16)9-6-8-14-7-4-5-10-17(14)18/h4-5,7,10-12,15,18-19H,3,6,8-9,13H2,1-2H3. The molecule has 1 aliphatic rings. The second-order valence-electron chi connectivity index (χ2n) is 6.07. The highest BCUT2D eigenvalue weighted by atomic mass is 15.2. The van der Waals surface area contributed by atoms with Gasteiger partial charge in [0.2, 0.25) is 0 Å². The van der Waals surface area contributed by atoms with Gasteiger partial charge in [0.1, 0.15) is 0 Å². The summed E-state index contributed by atoms with van der Waals surface area (Å²) >= 11 is 0. The summed E-state index contributed by atoms with van der Waals surface area (Å²) < 4.78 is 1.90. The number of hydrogen-bond donors (Lipinski definition) is 1. The Balaban J connectivity index is 1.88. The van der Waals surface area contributed by atoms with Gasteiger partial charge in [-0.15, -0.1) is 0 Å². The maximum Gasteiger partial charge on any atom is 0.0627 e. The first-order chi connectivity index (χ1) is 10.3. The minimum atomic E-state index is 0.454. The Morgan fingerprint density at radius 1 is 1.29 bits per heavy atom. The van der Waals surface area contributed by atoms with Gasteiger partial charge in [0.25, 0.3) is 0 Å². The van der Waals surface area contributed by atoms with Crippen molar-refractivity contribution in [3.8, 4) is 0 Å². The molecule has 1 aliphatic carbocycles. The van der Waals surface area contributed by atoms with E-state index in [2.05, 4.69) is 47.7 Å². The average Bonchev–Trinajstić information content (AvgIpc) is 2.81. The van der Waals surface area contributed by atoms with Crippen LogP contribution in [0.25, 0.3) is 0 Å². The highest BCUT2D eigenvalue weighted by Crippen LogP contribution is 2.34. The number of nitrogens with zero attached hydrogens (tertiary/aromatic N) is 2. The molecule has 0 radical (unpaired) electrons. The number of rotatable bonds is 4. The lowest BCUT2D eigenvalue weighted by molar-refractivity contribution is 0.343. The van der Waals surface area contributed by atoms with E-state index in [1.54, 1.807) is 0 Å². The molecule has 0 saturated carbocycles. The summed E-state index contributed by atoms with van der Waals surface area (Å²) in [5.74, 6) is 0.628. The molecule has 2 unspecified atom stereocenters. The van der Waals surface area contributed by atoms with E-state index < -0.39 is 0 Å². The number of aryl methyl sites for hydroxylation is 2. The maximum absolute atomic E-state index is 4.57. The highest BCUT2D eigenvalue weighted by Gasteiger charge is 2.27. The first-order valence-electron chi connectivity index (χ1n) is 8.07. The third-order valence-corrected chi connectivity index (χ3v) is 4.55. The zero-order chi connectivity index (χ0) is 14.7. The van der Waals surface area contributed by atoms with Crippen LogP contribution in [0.3, 0.4) is 0 Å². The van der Waals surface area contributed by atoms with Crippen molar-refractivity contribution < 1.29 is 0 Å². The van der Waals surface area contributed by atoms with Crippen molar-refractivity contribution in [3.05, 3.63) is 53.3 Å². The molecule has 0 spiro atoms. The molecule has 3 heteroatoms. The molecule has 1 aromatic heterocycles. The zero-order valence-corrected chi connectivity index (χ0v) is 13.0. The van der Waals surface area contributed by atoms with Crippen molar-refractivity contribution in [2.45, 2.75) is 38.6 Å². The van der Waals surface area contributed by atoms with Gasteiger partial charge in [0.15, 0.2) is 0 Å². The smallest absolute Gasteiger partial charge is 0.0627 e. The zero-order valence-electron chi connectivity index (χ0n) is 13.0. The summed E-state index contributed by atoms with van der Waals surface area (Å²) in [6, 6.07) is 11.5. The van der Waals surface area contributed by atoms with Crippen LogP contribution in [-0.4, -0.2) is 16.3 Å². The largest absolute Gasteiger partial charge is 0.310 e. The van der Waals surface area contributed by atoms with E-state index >= 15 is 0 Å². The van der Waals surface area contributed by atoms with Crippen LogP contribution in [-0.2, 0) is 19.9 Å². The van der Waals surface area contributed by atoms with E-state index in [-0.39, 0.29) is 0 Å². The average molecular weight is 283 g/mol. The molecule has 3 rings (SSSR count). The Kier molecular flexibility index (Phi) is 4.39. The predicted molar refractivity (Wildman–Crippen MR) is 86.2 cm³/mol. The van der Waals surface area contributed by atoms with E-state index in [1.165, 1.54) is 36.1 Å². The van der Waals surface area contributed by atoms with Crippen molar-refractivity contribution >= 4 is 0 Å². The summed E-state index contributed by atoms with van der Waals surface area (Å²) in [5.41, 5.74) is 4.23. The van der Waals surface area contributed by atoms with Crippen LogP contribution < -0.4 is 5.32 Å². The Labute approximate surface area is 127 Å². The normalized spacial score (nSPS) is 21.8. The van der Waals surface area contributed by atoms with Gasteiger partial charge in [-0.1, -0.05) is 31.2 Å². The number of benzene rings is 1. The van der Waals surface area contributed by atoms with Crippen LogP contribution in [0.1, 0.15) is 42.6 Å². The fraction of sp³-hybridized carbons (Fsp3) is 0.500. The summed E-state index contributed by atoms with van der Waals surface area (Å²) in [5, 5.41) is 8.30. The summed E-state index contributed by atoms with van der Waals surface area (Å²) in [6.45, 7) is 3.21. The lowest BCUT2D eigenvalue weighted by Crippen LogP contribution is -2.29. The monoisotopic (exact) mass is 283 g/mol. The van der Waals surface area contributed by atoms with Crippen LogP contribution in [0.15, 0.2) is 36.5 Å². The lowest BCUT2D eigenvalue weighted by Gasteiger charge is -2.27. The Bertz CT molecular complexity index is 588. The molecule has 1 aromatic carbocycles. The van der Waals surface area contributed by atoms with Gasteiger partial charge in [0.05, 0.1) is 5.69 Å². The first-order valence-corrected chi connectivity index (χ1v) is 8.07. The summed E-state index contributed by atoms with van der Waals surface area (Å²) in [7, 11) is 1.99. The highest BCUT2D eigenvalue weighted by molar-refractivity contribution is 5.32. The fourth-order valence-corrected chi connectivity index (χ4v) is 3.60. The number of fused-ring (bicyclic) bond motifs is 1. The summed E-state index contributed by atoms with van der Waals surface area (Å²) in [4.78, 5) is 0. The number of nitrogens with one attached hydrogen (secondary N) is 1. The second kappa shape index (κ2) is 6.44. The molecule has 2 atom stereocenters. The summed E-state index contributed by atoms with van der Waals surface area (Å²) in [6.07, 6.45) is 6.85. The van der Waals surface area contributed by atoms with Crippen molar-refractivity contribution in [3.63, 3.8) is 0 Å². The van der Waals surface area contributed by atoms with Crippen LogP contribution in [0.4, 0.5) is 0 Å². The van der Waals surface area contributed by atoms with E-state index in [0.717, 1.165) is 13.0 Å². The molecular weight excluding hydrogens is 258 g/mol. The van der Waals surface area contributed by atoms with Gasteiger partial charge in [-0.05, 0) is 55.3 Å². The van der Waals surface area contributed by atoms with Crippen molar-refractivity contribution in [2.75, 3.05) is 6.54 Å². The molecule has 1 heterocycles. The lowest BCUT2D eigenvalue weighted by atomic mass is 9.87. The SMILES string of the molecule is CCNC1c2ccccc2CCCC1Cc1ccn(C)n1. The molecule has 1 N–H and O–H groups in total. The number of aromatic nitrogens is 2. The molecule has 2 aromatic rings. The third kappa shape index (κ3) is 3.18. The van der Waals surface area contributed by atoms with E-state index in [9.17, 15) is 0 Å². The second-order valence-corrected chi connectivity index (χ2v) is 6.07. The molecule has 112 valence electrons. The van der Waals surface area contributed by atoms with E-state index in [1.807, 2.05) is 17.9 Å². The van der Waals surface area contributed by atoms with Crippen molar-refractivity contribution in [1.82, 2.24) is 15.1 Å². The van der Waals surface area contributed by atoms with Gasteiger partial charge >= 0.3 is 0 Å². The molecule has 0 bridgehead atoms. The van der Waals surface area contributed by atoms with Crippen molar-refractivity contribution in [1.29, 1.82) is 0 Å². The third-order valence-electron chi connectivity index (χ3n) is 4.55. The van der Waals surface area contributed by atoms with Crippen LogP contribution in [0, 0.1) is 5.92 Å². The predicted octanol–water partition coefficient (Wildman–Crippen LogP) is 3.27. The molecule has 0 saturated heterocycles. The Morgan fingerprint density at radius 3 is 2.90 bits per heavy atom. The fourth-order valence-electron chi connectivity index (χ4n) is 3.60. The van der Waals surface area contributed by atoms with Crippen LogP contribution in [0.5, 0.6) is 0 Å². The molecular formula is C18H25N3. The minimum Gasteiger partial charge on any atom is -0.310 e. The van der Waals surface area contributed by atoms with Crippen LogP contribution >= 0.6 is 0 Å². The molecule has 21 heavy (non-hydrogen) atoms.